The van der Waals surface area contributed by atoms with Crippen molar-refractivity contribution in [1.29, 1.82) is 0 Å². The zero-order chi connectivity index (χ0) is 13.7. The summed E-state index contributed by atoms with van der Waals surface area (Å²) in [6.45, 7) is 0. The Hall–Kier alpha value is -3.07. The number of hydrogen-bond donors (Lipinski definition) is 2. The lowest BCUT2D eigenvalue weighted by atomic mass is 10.3. The number of amides is 1. The van der Waals surface area contributed by atoms with Crippen LogP contribution in [0.3, 0.4) is 0 Å². The number of ether oxygens (including phenoxy) is 1. The summed E-state index contributed by atoms with van der Waals surface area (Å²) in [4.78, 5) is 18.2. The van der Waals surface area contributed by atoms with Crippen LogP contribution >= 0.6 is 0 Å². The highest BCUT2D eigenvalue weighted by atomic mass is 16.5. The molecule has 1 amide bonds. The van der Waals surface area contributed by atoms with Crippen molar-refractivity contribution in [2.24, 2.45) is 0 Å². The van der Waals surface area contributed by atoms with E-state index in [4.69, 9.17) is 16.3 Å². The fraction of sp³-hybridized carbons (Fsp3) is 0. The number of terminal acetylenes is 1. The Bertz CT molecular complexity index is 632. The van der Waals surface area contributed by atoms with Crippen LogP contribution in [-0.4, -0.2) is 21.2 Å². The Kier molecular flexibility index (Phi) is 3.59. The van der Waals surface area contributed by atoms with E-state index in [1.54, 1.807) is 18.2 Å². The highest BCUT2D eigenvalue weighted by Gasteiger charge is 2.02. The van der Waals surface area contributed by atoms with E-state index < -0.39 is 6.09 Å². The van der Waals surface area contributed by atoms with Crippen molar-refractivity contribution >= 4 is 11.9 Å². The van der Waals surface area contributed by atoms with Crippen molar-refractivity contribution in [1.82, 2.24) is 9.97 Å². The van der Waals surface area contributed by atoms with Crippen LogP contribution in [-0.2, 0) is 0 Å². The van der Waals surface area contributed by atoms with Gasteiger partial charge in [-0.15, -0.1) is 6.42 Å². The van der Waals surface area contributed by atoms with Crippen molar-refractivity contribution in [2.45, 2.75) is 0 Å². The van der Waals surface area contributed by atoms with Gasteiger partial charge in [-0.25, -0.2) is 14.8 Å². The lowest BCUT2D eigenvalue weighted by Gasteiger charge is -2.06. The lowest BCUT2D eigenvalue weighted by Crippen LogP contribution is -2.08. The summed E-state index contributed by atoms with van der Waals surface area (Å²) in [6.07, 6.45) is 7.01. The molecule has 0 saturated heterocycles. The highest BCUT2D eigenvalue weighted by Crippen LogP contribution is 2.21. The summed E-state index contributed by atoms with van der Waals surface area (Å²) in [5.41, 5.74) is 0.467. The van der Waals surface area contributed by atoms with Gasteiger partial charge in [0.15, 0.2) is 0 Å². The minimum absolute atomic E-state index is 0.221. The van der Waals surface area contributed by atoms with Crippen molar-refractivity contribution in [3.05, 3.63) is 42.4 Å². The predicted molar refractivity (Wildman–Crippen MR) is 68.1 cm³/mol. The Morgan fingerprint density at radius 1 is 1.32 bits per heavy atom. The maximum Gasteiger partial charge on any atom is 0.410 e. The summed E-state index contributed by atoms with van der Waals surface area (Å²) in [6, 6.07) is 6.36. The smallest absolute Gasteiger partial charge is 0.410 e. The van der Waals surface area contributed by atoms with E-state index in [1.807, 2.05) is 0 Å². The molecule has 94 valence electrons. The number of carbonyl (C=O) groups is 1. The molecule has 0 bridgehead atoms. The quantitative estimate of drug-likeness (QED) is 0.822. The van der Waals surface area contributed by atoms with Crippen molar-refractivity contribution in [3.63, 3.8) is 0 Å². The third kappa shape index (κ3) is 3.44. The average Bonchev–Trinajstić information content (AvgIpc) is 2.41. The lowest BCUT2D eigenvalue weighted by molar-refractivity contribution is 0.209. The summed E-state index contributed by atoms with van der Waals surface area (Å²) in [5, 5.41) is 10.6. The standard InChI is InChI=1S/C13H9N3O3/c1-2-9-7-10(5-6-14-9)19-11-3-4-12(15-8-11)16-13(17)18/h1,3-8H,(H,15,16)(H,17,18). The van der Waals surface area contributed by atoms with Crippen molar-refractivity contribution in [3.8, 4) is 23.8 Å². The largest absolute Gasteiger partial charge is 0.465 e. The number of rotatable bonds is 3. The first-order valence-electron chi connectivity index (χ1n) is 5.24. The van der Waals surface area contributed by atoms with E-state index in [-0.39, 0.29) is 5.82 Å². The first kappa shape index (κ1) is 12.4. The van der Waals surface area contributed by atoms with Crippen LogP contribution in [0.1, 0.15) is 5.69 Å². The third-order valence-corrected chi connectivity index (χ3v) is 2.09. The highest BCUT2D eigenvalue weighted by molar-refractivity contribution is 5.81. The molecule has 6 heteroatoms. The maximum absolute atomic E-state index is 10.4. The van der Waals surface area contributed by atoms with E-state index in [0.717, 1.165) is 0 Å². The summed E-state index contributed by atoms with van der Waals surface area (Å²) < 4.78 is 5.51. The van der Waals surface area contributed by atoms with E-state index in [1.165, 1.54) is 18.5 Å². The zero-order valence-corrected chi connectivity index (χ0v) is 9.70. The number of pyridine rings is 2. The first-order valence-corrected chi connectivity index (χ1v) is 5.24. The molecule has 0 aliphatic carbocycles. The maximum atomic E-state index is 10.4. The molecular formula is C13H9N3O3. The SMILES string of the molecule is C#Cc1cc(Oc2ccc(NC(=O)O)nc2)ccn1. The first-order chi connectivity index (χ1) is 9.17. The van der Waals surface area contributed by atoms with Gasteiger partial charge in [-0.05, 0) is 18.2 Å². The van der Waals surface area contributed by atoms with Gasteiger partial charge in [0.2, 0.25) is 0 Å². The van der Waals surface area contributed by atoms with Gasteiger partial charge in [0.1, 0.15) is 23.0 Å². The van der Waals surface area contributed by atoms with Gasteiger partial charge >= 0.3 is 6.09 Å². The van der Waals surface area contributed by atoms with Crippen LogP contribution in [0.15, 0.2) is 36.7 Å². The molecule has 2 N–H and O–H groups in total. The normalized spacial score (nSPS) is 9.42. The molecule has 0 aliphatic rings. The van der Waals surface area contributed by atoms with Gasteiger partial charge in [-0.1, -0.05) is 5.92 Å². The Labute approximate surface area is 109 Å². The van der Waals surface area contributed by atoms with Crippen LogP contribution in [0, 0.1) is 12.3 Å². The van der Waals surface area contributed by atoms with Crippen LogP contribution < -0.4 is 10.1 Å². The van der Waals surface area contributed by atoms with Crippen LogP contribution in [0.5, 0.6) is 11.5 Å². The number of aromatic nitrogens is 2. The Morgan fingerprint density at radius 3 is 2.79 bits per heavy atom. The van der Waals surface area contributed by atoms with E-state index in [0.29, 0.717) is 17.2 Å². The van der Waals surface area contributed by atoms with Gasteiger partial charge in [0.25, 0.3) is 0 Å². The second-order valence-electron chi connectivity index (χ2n) is 3.43. The van der Waals surface area contributed by atoms with Gasteiger partial charge in [-0.3, -0.25) is 5.32 Å². The Balaban J connectivity index is 2.11. The number of nitrogens with one attached hydrogen (secondary N) is 1. The summed E-state index contributed by atoms with van der Waals surface area (Å²) >= 11 is 0. The van der Waals surface area contributed by atoms with E-state index in [2.05, 4.69) is 21.2 Å². The average molecular weight is 255 g/mol. The monoisotopic (exact) mass is 255 g/mol. The Morgan fingerprint density at radius 2 is 2.16 bits per heavy atom. The minimum Gasteiger partial charge on any atom is -0.465 e. The molecule has 0 fully saturated rings. The topological polar surface area (TPSA) is 84.3 Å². The van der Waals surface area contributed by atoms with Crippen LogP contribution in [0.25, 0.3) is 0 Å². The third-order valence-electron chi connectivity index (χ3n) is 2.09. The molecule has 0 unspecified atom stereocenters. The van der Waals surface area contributed by atoms with E-state index in [9.17, 15) is 4.79 Å². The molecule has 6 nitrogen and oxygen atoms in total. The summed E-state index contributed by atoms with van der Waals surface area (Å²) in [5.74, 6) is 3.62. The fourth-order valence-electron chi connectivity index (χ4n) is 1.31. The number of nitrogens with zero attached hydrogens (tertiary/aromatic N) is 2. The van der Waals surface area contributed by atoms with Crippen molar-refractivity contribution < 1.29 is 14.6 Å². The number of carboxylic acid groups (broad SMARTS) is 1. The molecule has 19 heavy (non-hydrogen) atoms. The van der Waals surface area contributed by atoms with Crippen LogP contribution in [0.2, 0.25) is 0 Å². The molecular weight excluding hydrogens is 246 g/mol. The molecule has 2 aromatic heterocycles. The van der Waals surface area contributed by atoms with Gasteiger partial charge in [-0.2, -0.15) is 0 Å². The van der Waals surface area contributed by atoms with Gasteiger partial charge < -0.3 is 9.84 Å². The second-order valence-corrected chi connectivity index (χ2v) is 3.43. The molecule has 0 atom stereocenters. The number of hydrogen-bond acceptors (Lipinski definition) is 4. The molecule has 2 heterocycles. The fourth-order valence-corrected chi connectivity index (χ4v) is 1.31. The molecule has 0 aromatic carbocycles. The number of anilines is 1. The zero-order valence-electron chi connectivity index (χ0n) is 9.70. The molecule has 2 aromatic rings. The summed E-state index contributed by atoms with van der Waals surface area (Å²) in [7, 11) is 0. The van der Waals surface area contributed by atoms with E-state index >= 15 is 0 Å². The molecule has 0 aliphatic heterocycles. The van der Waals surface area contributed by atoms with Crippen molar-refractivity contribution in [2.75, 3.05) is 5.32 Å². The minimum atomic E-state index is -1.17. The van der Waals surface area contributed by atoms with Gasteiger partial charge in [0.05, 0.1) is 6.20 Å². The second kappa shape index (κ2) is 5.51. The molecule has 2 rings (SSSR count). The molecule has 0 saturated carbocycles. The molecule has 0 spiro atoms. The predicted octanol–water partition coefficient (Wildman–Crippen LogP) is 2.34. The van der Waals surface area contributed by atoms with Gasteiger partial charge in [0, 0.05) is 12.3 Å². The molecule has 0 radical (unpaired) electrons. The van der Waals surface area contributed by atoms with Crippen LogP contribution in [0.4, 0.5) is 10.6 Å².